The highest BCUT2D eigenvalue weighted by atomic mass is 16.5. The molecule has 0 spiro atoms. The average molecular weight is 231 g/mol. The maximum absolute atomic E-state index is 5.38. The van der Waals surface area contributed by atoms with Gasteiger partial charge in [0.15, 0.2) is 0 Å². The molecule has 3 rings (SSSR count). The third kappa shape index (κ3) is 1.94. The molecular formula is C13H17N3O. The molecule has 4 nitrogen and oxygen atoms in total. The first-order chi connectivity index (χ1) is 8.36. The average Bonchev–Trinajstić information content (AvgIpc) is 2.40. The molecular weight excluding hydrogens is 214 g/mol. The second-order valence-corrected chi connectivity index (χ2v) is 4.43. The van der Waals surface area contributed by atoms with Gasteiger partial charge in [-0.25, -0.2) is 10.0 Å². The predicted molar refractivity (Wildman–Crippen MR) is 67.2 cm³/mol. The molecule has 1 aromatic rings. The van der Waals surface area contributed by atoms with Crippen LogP contribution in [0.3, 0.4) is 0 Å². The van der Waals surface area contributed by atoms with Gasteiger partial charge in [-0.2, -0.15) is 0 Å². The highest BCUT2D eigenvalue weighted by molar-refractivity contribution is 5.67. The fraction of sp³-hybridized carbons (Fsp3) is 0.462. The molecule has 2 heterocycles. The maximum Gasteiger partial charge on any atom is 0.106 e. The molecule has 90 valence electrons. The number of ether oxygens (including phenoxy) is 1. The van der Waals surface area contributed by atoms with Crippen molar-refractivity contribution in [2.45, 2.75) is 13.0 Å². The third-order valence-electron chi connectivity index (χ3n) is 3.41. The number of hydrogen-bond donors (Lipinski definition) is 0. The quantitative estimate of drug-likeness (QED) is 0.739. The standard InChI is InChI=1S/C13H17N3O/c1-11-12-4-2-3-5-13(12)14-10-16(11)15-6-8-17-9-7-15/h2-5,10-11H,6-9H2,1H3. The molecule has 1 unspecified atom stereocenters. The molecule has 0 amide bonds. The molecule has 2 aliphatic heterocycles. The van der Waals surface area contributed by atoms with Crippen molar-refractivity contribution >= 4 is 12.0 Å². The highest BCUT2D eigenvalue weighted by Gasteiger charge is 2.26. The molecule has 0 radical (unpaired) electrons. The molecule has 2 aliphatic rings. The Labute approximate surface area is 101 Å². The van der Waals surface area contributed by atoms with E-state index in [1.165, 1.54) is 5.56 Å². The molecule has 1 fully saturated rings. The van der Waals surface area contributed by atoms with Crippen LogP contribution >= 0.6 is 0 Å². The van der Waals surface area contributed by atoms with Crippen molar-refractivity contribution < 1.29 is 4.74 Å². The summed E-state index contributed by atoms with van der Waals surface area (Å²) in [5.41, 5.74) is 2.38. The van der Waals surface area contributed by atoms with E-state index in [9.17, 15) is 0 Å². The van der Waals surface area contributed by atoms with Gasteiger partial charge in [0.05, 0.1) is 24.9 Å². The second kappa shape index (κ2) is 4.47. The van der Waals surface area contributed by atoms with Crippen LogP contribution < -0.4 is 0 Å². The first-order valence-electron chi connectivity index (χ1n) is 6.10. The highest BCUT2D eigenvalue weighted by Crippen LogP contribution is 2.33. The van der Waals surface area contributed by atoms with E-state index < -0.39 is 0 Å². The Bertz CT molecular complexity index is 426. The summed E-state index contributed by atoms with van der Waals surface area (Å²) in [5.74, 6) is 0. The van der Waals surface area contributed by atoms with Gasteiger partial charge < -0.3 is 4.74 Å². The van der Waals surface area contributed by atoms with E-state index in [-0.39, 0.29) is 0 Å². The van der Waals surface area contributed by atoms with E-state index in [4.69, 9.17) is 4.74 Å². The smallest absolute Gasteiger partial charge is 0.106 e. The summed E-state index contributed by atoms with van der Waals surface area (Å²) in [6.07, 6.45) is 1.94. The van der Waals surface area contributed by atoms with Crippen LogP contribution in [0.5, 0.6) is 0 Å². The van der Waals surface area contributed by atoms with Crippen LogP contribution in [0.4, 0.5) is 5.69 Å². The van der Waals surface area contributed by atoms with E-state index in [2.05, 4.69) is 40.1 Å². The SMILES string of the molecule is CC1c2ccccc2N=CN1N1CCOCC1. The molecule has 1 aromatic carbocycles. The van der Waals surface area contributed by atoms with Crippen LogP contribution in [0.1, 0.15) is 18.5 Å². The summed E-state index contributed by atoms with van der Waals surface area (Å²) < 4.78 is 5.38. The summed E-state index contributed by atoms with van der Waals surface area (Å²) in [6, 6.07) is 8.69. The third-order valence-corrected chi connectivity index (χ3v) is 3.41. The molecule has 0 aliphatic carbocycles. The van der Waals surface area contributed by atoms with Crippen LogP contribution in [0, 0.1) is 0 Å². The number of fused-ring (bicyclic) bond motifs is 1. The first-order valence-corrected chi connectivity index (χ1v) is 6.10. The van der Waals surface area contributed by atoms with E-state index in [1.54, 1.807) is 0 Å². The Morgan fingerprint density at radius 2 is 2.00 bits per heavy atom. The van der Waals surface area contributed by atoms with Crippen molar-refractivity contribution in [1.29, 1.82) is 0 Å². The molecule has 17 heavy (non-hydrogen) atoms. The zero-order valence-corrected chi connectivity index (χ0v) is 10.0. The summed E-state index contributed by atoms with van der Waals surface area (Å²) in [4.78, 5) is 4.52. The Balaban J connectivity index is 1.85. The molecule has 1 saturated heterocycles. The van der Waals surface area contributed by atoms with E-state index in [1.807, 2.05) is 12.4 Å². The Kier molecular flexibility index (Phi) is 2.82. The largest absolute Gasteiger partial charge is 0.379 e. The van der Waals surface area contributed by atoms with Gasteiger partial charge >= 0.3 is 0 Å². The minimum Gasteiger partial charge on any atom is -0.379 e. The summed E-state index contributed by atoms with van der Waals surface area (Å²) in [7, 11) is 0. The molecule has 4 heteroatoms. The lowest BCUT2D eigenvalue weighted by Gasteiger charge is -2.41. The van der Waals surface area contributed by atoms with Crippen molar-refractivity contribution in [3.05, 3.63) is 29.8 Å². The number of morpholine rings is 1. The number of nitrogens with zero attached hydrogens (tertiary/aromatic N) is 3. The second-order valence-electron chi connectivity index (χ2n) is 4.43. The van der Waals surface area contributed by atoms with Crippen LogP contribution in [-0.4, -0.2) is 42.7 Å². The van der Waals surface area contributed by atoms with Crippen LogP contribution in [0.2, 0.25) is 0 Å². The van der Waals surface area contributed by atoms with Gasteiger partial charge in [-0.1, -0.05) is 18.2 Å². The van der Waals surface area contributed by atoms with Gasteiger partial charge in [0.25, 0.3) is 0 Å². The van der Waals surface area contributed by atoms with Crippen molar-refractivity contribution in [1.82, 2.24) is 10.0 Å². The normalized spacial score (nSPS) is 24.8. The van der Waals surface area contributed by atoms with Gasteiger partial charge in [0.2, 0.25) is 0 Å². The zero-order valence-electron chi connectivity index (χ0n) is 10.0. The lowest BCUT2D eigenvalue weighted by atomic mass is 10.0. The van der Waals surface area contributed by atoms with Gasteiger partial charge in [-0.05, 0) is 13.0 Å². The number of hydrazine groups is 1. The zero-order chi connectivity index (χ0) is 11.7. The Morgan fingerprint density at radius 1 is 1.24 bits per heavy atom. The van der Waals surface area contributed by atoms with Gasteiger partial charge in [0.1, 0.15) is 6.34 Å². The number of para-hydroxylation sites is 1. The molecule has 0 bridgehead atoms. The topological polar surface area (TPSA) is 28.1 Å². The molecule has 1 atom stereocenters. The van der Waals surface area contributed by atoms with Crippen LogP contribution in [0.25, 0.3) is 0 Å². The predicted octanol–water partition coefficient (Wildman–Crippen LogP) is 1.97. The van der Waals surface area contributed by atoms with Gasteiger partial charge in [-0.3, -0.25) is 5.01 Å². The fourth-order valence-electron chi connectivity index (χ4n) is 2.42. The van der Waals surface area contributed by atoms with E-state index >= 15 is 0 Å². The van der Waals surface area contributed by atoms with Gasteiger partial charge in [-0.15, -0.1) is 0 Å². The summed E-state index contributed by atoms with van der Waals surface area (Å²) in [6.45, 7) is 5.72. The fourth-order valence-corrected chi connectivity index (χ4v) is 2.42. The number of rotatable bonds is 1. The number of aliphatic imine (C=N–C) groups is 1. The van der Waals surface area contributed by atoms with Crippen LogP contribution in [-0.2, 0) is 4.74 Å². The lowest BCUT2D eigenvalue weighted by molar-refractivity contribution is -0.0644. The molecule has 0 aromatic heterocycles. The number of benzene rings is 1. The summed E-state index contributed by atoms with van der Waals surface area (Å²) >= 11 is 0. The monoisotopic (exact) mass is 231 g/mol. The lowest BCUT2D eigenvalue weighted by Crippen LogP contribution is -2.49. The minimum absolute atomic E-state index is 0.349. The maximum atomic E-state index is 5.38. The van der Waals surface area contributed by atoms with Crippen molar-refractivity contribution in [2.24, 2.45) is 4.99 Å². The van der Waals surface area contributed by atoms with Crippen molar-refractivity contribution in [3.8, 4) is 0 Å². The van der Waals surface area contributed by atoms with Crippen molar-refractivity contribution in [2.75, 3.05) is 26.3 Å². The first kappa shape index (κ1) is 10.7. The van der Waals surface area contributed by atoms with Gasteiger partial charge in [0, 0.05) is 18.7 Å². The summed E-state index contributed by atoms with van der Waals surface area (Å²) in [5, 5.41) is 4.54. The molecule has 0 N–H and O–H groups in total. The van der Waals surface area contributed by atoms with E-state index in [0.29, 0.717) is 6.04 Å². The Hall–Kier alpha value is -1.39. The minimum atomic E-state index is 0.349. The van der Waals surface area contributed by atoms with Crippen molar-refractivity contribution in [3.63, 3.8) is 0 Å². The Morgan fingerprint density at radius 3 is 2.82 bits per heavy atom. The molecule has 0 saturated carbocycles. The van der Waals surface area contributed by atoms with Crippen LogP contribution in [0.15, 0.2) is 29.3 Å². The number of hydrogen-bond acceptors (Lipinski definition) is 4. The van der Waals surface area contributed by atoms with E-state index in [0.717, 1.165) is 32.0 Å².